The van der Waals surface area contributed by atoms with Crippen molar-refractivity contribution in [3.63, 3.8) is 0 Å². The van der Waals surface area contributed by atoms with Crippen LogP contribution in [0.25, 0.3) is 0 Å². The van der Waals surface area contributed by atoms with Crippen LogP contribution < -0.4 is 0 Å². The molecule has 0 unspecified atom stereocenters. The molecule has 0 bridgehead atoms. The minimum absolute atomic E-state index is 0.385. The highest BCUT2D eigenvalue weighted by molar-refractivity contribution is 14.1. The monoisotopic (exact) mass is 366 g/mol. The van der Waals surface area contributed by atoms with Crippen LogP contribution in [0.1, 0.15) is 47.0 Å². The van der Waals surface area contributed by atoms with Crippen molar-refractivity contribution in [3.8, 4) is 0 Å². The van der Waals surface area contributed by atoms with Gasteiger partial charge in [0, 0.05) is 11.3 Å². The van der Waals surface area contributed by atoms with Crippen LogP contribution in [0.15, 0.2) is 21.3 Å². The highest BCUT2D eigenvalue weighted by Crippen LogP contribution is 2.53. The summed E-state index contributed by atoms with van der Waals surface area (Å²) < 4.78 is 1.56. The van der Waals surface area contributed by atoms with Gasteiger partial charge in [-0.05, 0) is 64.2 Å². The number of rotatable bonds is 5. The molecule has 17 heavy (non-hydrogen) atoms. The molecule has 2 atom stereocenters. The minimum Gasteiger partial charge on any atom is -0.122 e. The summed E-state index contributed by atoms with van der Waals surface area (Å²) in [4.78, 5) is 0. The smallest absolute Gasteiger partial charge is 0.0406 e. The number of halogens is 2. The van der Waals surface area contributed by atoms with E-state index in [1.807, 2.05) is 0 Å². The highest BCUT2D eigenvalue weighted by atomic mass is 127. The fourth-order valence-electron chi connectivity index (χ4n) is 2.90. The zero-order valence-electron chi connectivity index (χ0n) is 11.4. The average molecular weight is 367 g/mol. The molecule has 0 amide bonds. The van der Waals surface area contributed by atoms with E-state index in [0.717, 1.165) is 11.8 Å². The van der Waals surface area contributed by atoms with Gasteiger partial charge in [0.15, 0.2) is 0 Å². The van der Waals surface area contributed by atoms with Gasteiger partial charge in [-0.15, -0.1) is 11.6 Å². The lowest BCUT2D eigenvalue weighted by atomic mass is 9.71. The van der Waals surface area contributed by atoms with E-state index in [-0.39, 0.29) is 0 Å². The Kier molecular flexibility index (Phi) is 6.04. The summed E-state index contributed by atoms with van der Waals surface area (Å²) in [6.45, 7) is 9.35. The summed E-state index contributed by atoms with van der Waals surface area (Å²) in [5.74, 6) is 2.21. The Bertz CT molecular complexity index is 317. The molecule has 0 saturated carbocycles. The largest absolute Gasteiger partial charge is 0.122 e. The molecule has 0 radical (unpaired) electrons. The molecule has 0 aromatic carbocycles. The highest BCUT2D eigenvalue weighted by Gasteiger charge is 2.41. The van der Waals surface area contributed by atoms with Crippen molar-refractivity contribution in [2.24, 2.45) is 17.3 Å². The van der Waals surface area contributed by atoms with Gasteiger partial charge in [-0.1, -0.05) is 38.5 Å². The summed E-state index contributed by atoms with van der Waals surface area (Å²) in [6, 6.07) is 0. The molecule has 0 saturated heterocycles. The molecular weight excluding hydrogens is 343 g/mol. The normalized spacial score (nSPS) is 29.9. The van der Waals surface area contributed by atoms with Crippen molar-refractivity contribution in [1.29, 1.82) is 0 Å². The topological polar surface area (TPSA) is 0 Å². The molecule has 0 aromatic rings. The average Bonchev–Trinajstić information content (AvgIpc) is 2.54. The standard InChI is InChI=1S/C15H24ClI/c1-11(2)13-5-6-14(17)15(13,4)9-7-12(3)8-10-16/h6,8,11,13H,5,7,9-10H2,1-4H3/b12-8+/t13-,15-/m0/s1. The Balaban J connectivity index is 2.71. The third kappa shape index (κ3) is 3.73. The number of alkyl halides is 1. The van der Waals surface area contributed by atoms with Crippen LogP contribution in [-0.2, 0) is 0 Å². The molecular formula is C15H24ClI. The zero-order valence-corrected chi connectivity index (χ0v) is 14.3. The quantitative estimate of drug-likeness (QED) is 0.320. The Labute approximate surface area is 125 Å². The number of hydrogen-bond donors (Lipinski definition) is 0. The van der Waals surface area contributed by atoms with Gasteiger partial charge in [0.2, 0.25) is 0 Å². The molecule has 1 aliphatic carbocycles. The summed E-state index contributed by atoms with van der Waals surface area (Å²) in [5, 5.41) is 0. The summed E-state index contributed by atoms with van der Waals surface area (Å²) in [6.07, 6.45) is 8.26. The maximum atomic E-state index is 5.75. The van der Waals surface area contributed by atoms with Gasteiger partial charge in [-0.3, -0.25) is 0 Å². The number of hydrogen-bond acceptors (Lipinski definition) is 0. The van der Waals surface area contributed by atoms with Crippen LogP contribution in [0, 0.1) is 17.3 Å². The lowest BCUT2D eigenvalue weighted by molar-refractivity contribution is 0.195. The lowest BCUT2D eigenvalue weighted by Gasteiger charge is -2.36. The molecule has 1 aliphatic rings. The first-order valence-electron chi connectivity index (χ1n) is 6.49. The van der Waals surface area contributed by atoms with Crippen molar-refractivity contribution in [2.75, 3.05) is 5.88 Å². The van der Waals surface area contributed by atoms with Crippen LogP contribution in [-0.4, -0.2) is 5.88 Å². The van der Waals surface area contributed by atoms with Gasteiger partial charge >= 0.3 is 0 Å². The molecule has 0 spiro atoms. The Morgan fingerprint density at radius 3 is 2.82 bits per heavy atom. The molecule has 0 N–H and O–H groups in total. The Morgan fingerprint density at radius 1 is 1.65 bits per heavy atom. The van der Waals surface area contributed by atoms with Gasteiger partial charge in [0.1, 0.15) is 0 Å². The molecule has 98 valence electrons. The molecule has 0 aromatic heterocycles. The van der Waals surface area contributed by atoms with Crippen molar-refractivity contribution in [3.05, 3.63) is 21.3 Å². The fraction of sp³-hybridized carbons (Fsp3) is 0.733. The molecule has 0 nitrogen and oxygen atoms in total. The van der Waals surface area contributed by atoms with Crippen LogP contribution in [0.3, 0.4) is 0 Å². The summed E-state index contributed by atoms with van der Waals surface area (Å²) >= 11 is 8.29. The first kappa shape index (κ1) is 15.6. The van der Waals surface area contributed by atoms with Crippen molar-refractivity contribution in [1.82, 2.24) is 0 Å². The van der Waals surface area contributed by atoms with E-state index in [4.69, 9.17) is 11.6 Å². The molecule has 0 heterocycles. The van der Waals surface area contributed by atoms with E-state index < -0.39 is 0 Å². The number of allylic oxidation sites excluding steroid dienone is 4. The van der Waals surface area contributed by atoms with Gasteiger partial charge < -0.3 is 0 Å². The van der Waals surface area contributed by atoms with Crippen LogP contribution in [0.2, 0.25) is 0 Å². The molecule has 2 heteroatoms. The SMILES string of the molecule is C/C(=C\CCl)CC[C@]1(C)C(I)=CC[C@H]1C(C)C. The van der Waals surface area contributed by atoms with E-state index in [0.29, 0.717) is 11.3 Å². The second kappa shape index (κ2) is 6.60. The maximum Gasteiger partial charge on any atom is 0.0406 e. The van der Waals surface area contributed by atoms with Gasteiger partial charge in [0.25, 0.3) is 0 Å². The fourth-order valence-corrected chi connectivity index (χ4v) is 4.09. The lowest BCUT2D eigenvalue weighted by Crippen LogP contribution is -2.27. The van der Waals surface area contributed by atoms with E-state index in [1.165, 1.54) is 24.8 Å². The van der Waals surface area contributed by atoms with E-state index in [1.54, 1.807) is 3.58 Å². The predicted molar refractivity (Wildman–Crippen MR) is 86.9 cm³/mol. The van der Waals surface area contributed by atoms with Crippen LogP contribution >= 0.6 is 34.2 Å². The van der Waals surface area contributed by atoms with Crippen molar-refractivity contribution >= 4 is 34.2 Å². The third-order valence-electron chi connectivity index (χ3n) is 4.18. The third-order valence-corrected chi connectivity index (χ3v) is 6.01. The Hall–Kier alpha value is 0.500. The first-order valence-corrected chi connectivity index (χ1v) is 8.11. The molecule has 0 aliphatic heterocycles. The summed E-state index contributed by atoms with van der Waals surface area (Å²) in [5.41, 5.74) is 1.82. The van der Waals surface area contributed by atoms with Crippen LogP contribution in [0.4, 0.5) is 0 Å². The van der Waals surface area contributed by atoms with Crippen molar-refractivity contribution in [2.45, 2.75) is 47.0 Å². The second-order valence-corrected chi connectivity index (χ2v) is 7.23. The van der Waals surface area contributed by atoms with E-state index >= 15 is 0 Å². The molecule has 1 rings (SSSR count). The predicted octanol–water partition coefficient (Wildman–Crippen LogP) is 5.95. The Morgan fingerprint density at radius 2 is 2.29 bits per heavy atom. The second-order valence-electron chi connectivity index (χ2n) is 5.76. The van der Waals surface area contributed by atoms with E-state index in [9.17, 15) is 0 Å². The van der Waals surface area contributed by atoms with Crippen LogP contribution in [0.5, 0.6) is 0 Å². The first-order chi connectivity index (χ1) is 7.91. The minimum atomic E-state index is 0.385. The summed E-state index contributed by atoms with van der Waals surface area (Å²) in [7, 11) is 0. The van der Waals surface area contributed by atoms with Gasteiger partial charge in [-0.25, -0.2) is 0 Å². The van der Waals surface area contributed by atoms with Gasteiger partial charge in [0.05, 0.1) is 0 Å². The van der Waals surface area contributed by atoms with Gasteiger partial charge in [-0.2, -0.15) is 0 Å². The maximum absolute atomic E-state index is 5.75. The van der Waals surface area contributed by atoms with Crippen molar-refractivity contribution < 1.29 is 0 Å². The molecule has 0 fully saturated rings. The van der Waals surface area contributed by atoms with E-state index in [2.05, 4.69) is 62.4 Å². The zero-order chi connectivity index (χ0) is 13.1.